The van der Waals surface area contributed by atoms with Crippen molar-refractivity contribution in [3.63, 3.8) is 0 Å². The van der Waals surface area contributed by atoms with Crippen molar-refractivity contribution in [2.45, 2.75) is 0 Å². The van der Waals surface area contributed by atoms with Crippen molar-refractivity contribution in [1.82, 2.24) is 0 Å². The summed E-state index contributed by atoms with van der Waals surface area (Å²) in [5.41, 5.74) is 0. The number of hydrogen-bond donors (Lipinski definition) is 0. The van der Waals surface area contributed by atoms with Crippen molar-refractivity contribution >= 4 is 68.2 Å². The van der Waals surface area contributed by atoms with Crippen molar-refractivity contribution in [2.24, 2.45) is 0 Å². The van der Waals surface area contributed by atoms with Gasteiger partial charge in [0.1, 0.15) is 0 Å². The van der Waals surface area contributed by atoms with Crippen LogP contribution in [0.25, 0.3) is 10.8 Å². The maximum Gasteiger partial charge on any atom is 0.0560 e. The lowest BCUT2D eigenvalue weighted by molar-refractivity contribution is 1.70. The summed E-state index contributed by atoms with van der Waals surface area (Å²) in [5.74, 6) is 0. The van der Waals surface area contributed by atoms with Crippen molar-refractivity contribution in [3.05, 3.63) is 42.9 Å². The van der Waals surface area contributed by atoms with Gasteiger partial charge in [0.05, 0.1) is 5.02 Å². The van der Waals surface area contributed by atoms with Gasteiger partial charge in [0.2, 0.25) is 0 Å². The third-order valence-electron chi connectivity index (χ3n) is 1.94. The lowest BCUT2D eigenvalue weighted by Gasteiger charge is -2.05. The SMILES string of the molecule is Clc1ccc2c(I)c(Cl)cc(Cl)c2c1. The van der Waals surface area contributed by atoms with Gasteiger partial charge in [0.15, 0.2) is 0 Å². The van der Waals surface area contributed by atoms with E-state index in [2.05, 4.69) is 22.6 Å². The Bertz CT molecular complexity index is 508. The van der Waals surface area contributed by atoms with E-state index in [1.807, 2.05) is 18.2 Å². The molecular formula is C10H4Cl3I. The zero-order valence-corrected chi connectivity index (χ0v) is 11.2. The number of benzene rings is 2. The molecule has 0 nitrogen and oxygen atoms in total. The van der Waals surface area contributed by atoms with Crippen molar-refractivity contribution in [1.29, 1.82) is 0 Å². The van der Waals surface area contributed by atoms with Crippen LogP contribution in [-0.4, -0.2) is 0 Å². The molecule has 72 valence electrons. The van der Waals surface area contributed by atoms with Gasteiger partial charge in [0, 0.05) is 19.0 Å². The van der Waals surface area contributed by atoms with Crippen LogP contribution in [0.3, 0.4) is 0 Å². The minimum atomic E-state index is 0.632. The molecule has 0 aromatic heterocycles. The fraction of sp³-hybridized carbons (Fsp3) is 0. The molecule has 2 aromatic rings. The Kier molecular flexibility index (Phi) is 3.12. The van der Waals surface area contributed by atoms with E-state index in [-0.39, 0.29) is 0 Å². The maximum atomic E-state index is 6.06. The van der Waals surface area contributed by atoms with Crippen LogP contribution in [0.2, 0.25) is 15.1 Å². The molecule has 0 amide bonds. The molecule has 0 aliphatic heterocycles. The highest BCUT2D eigenvalue weighted by Crippen LogP contribution is 2.34. The van der Waals surface area contributed by atoms with Crippen LogP contribution >= 0.6 is 57.4 Å². The van der Waals surface area contributed by atoms with Crippen molar-refractivity contribution in [3.8, 4) is 0 Å². The zero-order chi connectivity index (χ0) is 10.3. The fourth-order valence-electron chi connectivity index (χ4n) is 1.29. The first-order chi connectivity index (χ1) is 6.59. The lowest BCUT2D eigenvalue weighted by atomic mass is 10.1. The number of hydrogen-bond acceptors (Lipinski definition) is 0. The molecular weight excluding hydrogens is 353 g/mol. The first kappa shape index (κ1) is 10.8. The molecule has 4 heteroatoms. The minimum absolute atomic E-state index is 0.632. The van der Waals surface area contributed by atoms with E-state index in [0.29, 0.717) is 15.1 Å². The highest BCUT2D eigenvalue weighted by Gasteiger charge is 2.07. The average Bonchev–Trinajstić information content (AvgIpc) is 2.14. The van der Waals surface area contributed by atoms with Crippen molar-refractivity contribution < 1.29 is 0 Å². The van der Waals surface area contributed by atoms with Gasteiger partial charge in [-0.15, -0.1) is 0 Å². The topological polar surface area (TPSA) is 0 Å². The second-order valence-electron chi connectivity index (χ2n) is 2.84. The summed E-state index contributed by atoms with van der Waals surface area (Å²) in [6.45, 7) is 0. The van der Waals surface area contributed by atoms with Crippen LogP contribution < -0.4 is 0 Å². The molecule has 0 saturated heterocycles. The van der Waals surface area contributed by atoms with Crippen LogP contribution in [0.5, 0.6) is 0 Å². The molecule has 0 unspecified atom stereocenters. The highest BCUT2D eigenvalue weighted by molar-refractivity contribution is 14.1. The molecule has 2 rings (SSSR count). The molecule has 0 atom stereocenters. The van der Waals surface area contributed by atoms with E-state index in [0.717, 1.165) is 14.3 Å². The third-order valence-corrected chi connectivity index (χ3v) is 4.27. The molecule has 0 heterocycles. The number of rotatable bonds is 0. The molecule has 0 N–H and O–H groups in total. The largest absolute Gasteiger partial charge is 0.0843 e. The molecule has 0 aliphatic carbocycles. The lowest BCUT2D eigenvalue weighted by Crippen LogP contribution is -1.81. The molecule has 14 heavy (non-hydrogen) atoms. The number of halogens is 4. The Morgan fingerprint density at radius 3 is 2.29 bits per heavy atom. The summed E-state index contributed by atoms with van der Waals surface area (Å²) in [6, 6.07) is 7.34. The third kappa shape index (κ3) is 1.83. The van der Waals surface area contributed by atoms with E-state index >= 15 is 0 Å². The molecule has 0 spiro atoms. The van der Waals surface area contributed by atoms with E-state index < -0.39 is 0 Å². The summed E-state index contributed by atoms with van der Waals surface area (Å²) in [7, 11) is 0. The molecule has 0 bridgehead atoms. The molecule has 0 fully saturated rings. The Labute approximate surface area is 110 Å². The van der Waals surface area contributed by atoms with Gasteiger partial charge < -0.3 is 0 Å². The van der Waals surface area contributed by atoms with Gasteiger partial charge in [-0.3, -0.25) is 0 Å². The van der Waals surface area contributed by atoms with Gasteiger partial charge in [-0.05, 0) is 46.2 Å². The average molecular weight is 357 g/mol. The molecule has 0 radical (unpaired) electrons. The Morgan fingerprint density at radius 1 is 0.857 bits per heavy atom. The Balaban J connectivity index is 2.94. The van der Waals surface area contributed by atoms with Gasteiger partial charge in [-0.25, -0.2) is 0 Å². The van der Waals surface area contributed by atoms with Crippen LogP contribution in [0.4, 0.5) is 0 Å². The summed E-state index contributed by atoms with van der Waals surface area (Å²) < 4.78 is 1.00. The zero-order valence-electron chi connectivity index (χ0n) is 6.82. The molecule has 0 aliphatic rings. The Morgan fingerprint density at radius 2 is 1.57 bits per heavy atom. The van der Waals surface area contributed by atoms with Crippen LogP contribution in [0, 0.1) is 3.57 Å². The summed E-state index contributed by atoms with van der Waals surface area (Å²) in [6.07, 6.45) is 0. The summed E-state index contributed by atoms with van der Waals surface area (Å²) in [5, 5.41) is 3.95. The predicted octanol–water partition coefficient (Wildman–Crippen LogP) is 5.40. The van der Waals surface area contributed by atoms with Crippen LogP contribution in [0.1, 0.15) is 0 Å². The summed E-state index contributed by atoms with van der Waals surface area (Å²) >= 11 is 20.2. The second kappa shape index (κ2) is 4.05. The minimum Gasteiger partial charge on any atom is -0.0843 e. The van der Waals surface area contributed by atoms with Gasteiger partial charge >= 0.3 is 0 Å². The number of fused-ring (bicyclic) bond motifs is 1. The maximum absolute atomic E-state index is 6.06. The predicted molar refractivity (Wildman–Crippen MR) is 71.7 cm³/mol. The highest BCUT2D eigenvalue weighted by atomic mass is 127. The van der Waals surface area contributed by atoms with Crippen LogP contribution in [-0.2, 0) is 0 Å². The smallest absolute Gasteiger partial charge is 0.0560 e. The van der Waals surface area contributed by atoms with E-state index in [4.69, 9.17) is 34.8 Å². The van der Waals surface area contributed by atoms with E-state index in [1.54, 1.807) is 6.07 Å². The normalized spacial score (nSPS) is 10.9. The fourth-order valence-corrected chi connectivity index (χ4v) is 2.62. The van der Waals surface area contributed by atoms with Gasteiger partial charge in [0.25, 0.3) is 0 Å². The van der Waals surface area contributed by atoms with Gasteiger partial charge in [-0.2, -0.15) is 0 Å². The van der Waals surface area contributed by atoms with Crippen molar-refractivity contribution in [2.75, 3.05) is 0 Å². The summed E-state index contributed by atoms with van der Waals surface area (Å²) in [4.78, 5) is 0. The standard InChI is InChI=1S/C10H4Cl3I/c11-5-1-2-6-7(3-5)8(12)4-9(13)10(6)14/h1-4H. The molecule has 0 saturated carbocycles. The quantitative estimate of drug-likeness (QED) is 0.437. The first-order valence-corrected chi connectivity index (χ1v) is 6.03. The molecule has 2 aromatic carbocycles. The van der Waals surface area contributed by atoms with Gasteiger partial charge in [-0.1, -0.05) is 40.9 Å². The first-order valence-electron chi connectivity index (χ1n) is 3.82. The second-order valence-corrected chi connectivity index (χ2v) is 5.17. The monoisotopic (exact) mass is 356 g/mol. The van der Waals surface area contributed by atoms with E-state index in [9.17, 15) is 0 Å². The Hall–Kier alpha value is 0.300. The van der Waals surface area contributed by atoms with Crippen LogP contribution in [0.15, 0.2) is 24.3 Å². The van der Waals surface area contributed by atoms with E-state index in [1.165, 1.54) is 0 Å².